The lowest BCUT2D eigenvalue weighted by molar-refractivity contribution is 0.0699. The summed E-state index contributed by atoms with van der Waals surface area (Å²) in [6.45, 7) is 9.69. The number of piperazine rings is 1. The highest BCUT2D eigenvalue weighted by Gasteiger charge is 2.17. The minimum Gasteiger partial charge on any atom is -0.478 e. The molecule has 1 aromatic carbocycles. The number of rotatable bonds is 6. The van der Waals surface area contributed by atoms with Crippen molar-refractivity contribution < 1.29 is 9.90 Å². The summed E-state index contributed by atoms with van der Waals surface area (Å²) >= 11 is 0. The molecule has 130 valence electrons. The Bertz CT molecular complexity index is 715. The van der Waals surface area contributed by atoms with Crippen molar-refractivity contribution in [3.63, 3.8) is 0 Å². The van der Waals surface area contributed by atoms with Crippen molar-refractivity contribution in [3.05, 3.63) is 35.5 Å². The van der Waals surface area contributed by atoms with Gasteiger partial charge in [0.05, 0.1) is 5.56 Å². The summed E-state index contributed by atoms with van der Waals surface area (Å²) in [7, 11) is 0. The summed E-state index contributed by atoms with van der Waals surface area (Å²) in [5.41, 5.74) is 2.61. The molecule has 0 radical (unpaired) electrons. The summed E-state index contributed by atoms with van der Waals surface area (Å²) in [6.07, 6.45) is 4.13. The molecule has 1 aromatic heterocycles. The zero-order chi connectivity index (χ0) is 17.1. The Kier molecular flexibility index (Phi) is 5.21. The van der Waals surface area contributed by atoms with Gasteiger partial charge in [0.15, 0.2) is 0 Å². The van der Waals surface area contributed by atoms with Crippen LogP contribution < -0.4 is 5.32 Å². The number of aromatic carboxylic acids is 1. The Morgan fingerprint density at radius 3 is 2.71 bits per heavy atom. The van der Waals surface area contributed by atoms with E-state index in [1.807, 2.05) is 12.1 Å². The molecule has 0 amide bonds. The van der Waals surface area contributed by atoms with Crippen molar-refractivity contribution in [2.75, 3.05) is 32.7 Å². The van der Waals surface area contributed by atoms with E-state index in [-0.39, 0.29) is 0 Å². The normalized spacial score (nSPS) is 16.1. The molecule has 0 unspecified atom stereocenters. The number of carboxylic acid groups (broad SMARTS) is 1. The van der Waals surface area contributed by atoms with E-state index < -0.39 is 5.97 Å². The van der Waals surface area contributed by atoms with E-state index in [1.54, 1.807) is 6.07 Å². The second kappa shape index (κ2) is 7.36. The number of nitrogens with zero attached hydrogens (tertiary/aromatic N) is 2. The average Bonchev–Trinajstić information content (AvgIpc) is 2.95. The largest absolute Gasteiger partial charge is 0.478 e. The van der Waals surface area contributed by atoms with Crippen LogP contribution in [0.4, 0.5) is 0 Å². The molecule has 2 aromatic rings. The molecule has 2 N–H and O–H groups in total. The summed E-state index contributed by atoms with van der Waals surface area (Å²) in [6, 6.07) is 5.91. The lowest BCUT2D eigenvalue weighted by atomic mass is 10.0. The van der Waals surface area contributed by atoms with E-state index in [9.17, 15) is 9.90 Å². The second-order valence-corrected chi connectivity index (χ2v) is 6.86. The maximum atomic E-state index is 11.6. The fraction of sp³-hybridized carbons (Fsp3) is 0.526. The smallest absolute Gasteiger partial charge is 0.336 e. The highest BCUT2D eigenvalue weighted by molar-refractivity contribution is 6.04. The van der Waals surface area contributed by atoms with Gasteiger partial charge in [-0.1, -0.05) is 6.07 Å². The molecule has 1 aliphatic rings. The lowest BCUT2D eigenvalue weighted by Gasteiger charge is -2.27. The monoisotopic (exact) mass is 329 g/mol. The molecule has 5 heteroatoms. The third kappa shape index (κ3) is 3.47. The molecular weight excluding hydrogens is 302 g/mol. The summed E-state index contributed by atoms with van der Waals surface area (Å²) in [5, 5.41) is 13.8. The predicted octanol–water partition coefficient (Wildman–Crippen LogP) is 2.76. The van der Waals surface area contributed by atoms with Gasteiger partial charge in [0.1, 0.15) is 0 Å². The van der Waals surface area contributed by atoms with Gasteiger partial charge in [-0.15, -0.1) is 0 Å². The fourth-order valence-electron chi connectivity index (χ4n) is 3.62. The number of fused-ring (bicyclic) bond motifs is 1. The molecule has 1 fully saturated rings. The maximum Gasteiger partial charge on any atom is 0.336 e. The average molecular weight is 329 g/mol. The number of benzene rings is 1. The van der Waals surface area contributed by atoms with Gasteiger partial charge in [0.2, 0.25) is 0 Å². The van der Waals surface area contributed by atoms with E-state index in [1.165, 1.54) is 0 Å². The molecule has 0 aliphatic carbocycles. The zero-order valence-corrected chi connectivity index (χ0v) is 14.6. The van der Waals surface area contributed by atoms with Crippen LogP contribution in [0.25, 0.3) is 10.9 Å². The van der Waals surface area contributed by atoms with Crippen LogP contribution in [0.3, 0.4) is 0 Å². The Morgan fingerprint density at radius 2 is 2.04 bits per heavy atom. The first-order valence-corrected chi connectivity index (χ1v) is 8.86. The minimum absolute atomic E-state index is 0.318. The molecule has 5 nitrogen and oxygen atoms in total. The Balaban J connectivity index is 1.84. The number of aromatic nitrogens is 1. The van der Waals surface area contributed by atoms with Crippen molar-refractivity contribution in [1.82, 2.24) is 14.8 Å². The SMILES string of the molecule is CC(C)n1cc(CCCN2CCNCC2)c2c(C(=O)O)cccc21. The Labute approximate surface area is 143 Å². The number of hydrogen-bond donors (Lipinski definition) is 2. The number of carbonyl (C=O) groups is 1. The third-order valence-electron chi connectivity index (χ3n) is 4.85. The first-order valence-electron chi connectivity index (χ1n) is 8.86. The van der Waals surface area contributed by atoms with Crippen molar-refractivity contribution in [2.45, 2.75) is 32.7 Å². The number of hydrogen-bond acceptors (Lipinski definition) is 3. The van der Waals surface area contributed by atoms with Crippen molar-refractivity contribution in [1.29, 1.82) is 0 Å². The van der Waals surface area contributed by atoms with Gasteiger partial charge in [-0.25, -0.2) is 4.79 Å². The zero-order valence-electron chi connectivity index (χ0n) is 14.6. The first-order chi connectivity index (χ1) is 11.6. The number of carboxylic acids is 1. The van der Waals surface area contributed by atoms with Gasteiger partial charge in [0, 0.05) is 49.3 Å². The van der Waals surface area contributed by atoms with Crippen LogP contribution in [-0.4, -0.2) is 53.3 Å². The number of nitrogens with one attached hydrogen (secondary N) is 1. The molecule has 0 atom stereocenters. The molecule has 0 bridgehead atoms. The maximum absolute atomic E-state index is 11.6. The van der Waals surface area contributed by atoms with Gasteiger partial charge < -0.3 is 19.9 Å². The van der Waals surface area contributed by atoms with Gasteiger partial charge >= 0.3 is 5.97 Å². The molecular formula is C19H27N3O2. The van der Waals surface area contributed by atoms with E-state index in [2.05, 4.69) is 34.8 Å². The van der Waals surface area contributed by atoms with Gasteiger partial charge in [-0.2, -0.15) is 0 Å². The van der Waals surface area contributed by atoms with Crippen LogP contribution >= 0.6 is 0 Å². The number of aryl methyl sites for hydroxylation is 1. The van der Waals surface area contributed by atoms with E-state index in [0.29, 0.717) is 11.6 Å². The first kappa shape index (κ1) is 17.0. The minimum atomic E-state index is -0.842. The molecule has 3 rings (SSSR count). The Hall–Kier alpha value is -1.85. The Morgan fingerprint density at radius 1 is 1.29 bits per heavy atom. The van der Waals surface area contributed by atoms with Crippen LogP contribution in [0.5, 0.6) is 0 Å². The van der Waals surface area contributed by atoms with Crippen LogP contribution in [0.15, 0.2) is 24.4 Å². The third-order valence-corrected chi connectivity index (χ3v) is 4.85. The van der Waals surface area contributed by atoms with Crippen molar-refractivity contribution in [3.8, 4) is 0 Å². The molecule has 1 aliphatic heterocycles. The topological polar surface area (TPSA) is 57.5 Å². The van der Waals surface area contributed by atoms with E-state index in [4.69, 9.17) is 0 Å². The van der Waals surface area contributed by atoms with Gasteiger partial charge in [0.25, 0.3) is 0 Å². The molecule has 1 saturated heterocycles. The molecule has 0 saturated carbocycles. The van der Waals surface area contributed by atoms with Crippen LogP contribution in [0.2, 0.25) is 0 Å². The summed E-state index contributed by atoms with van der Waals surface area (Å²) < 4.78 is 2.20. The fourth-order valence-corrected chi connectivity index (χ4v) is 3.62. The lowest BCUT2D eigenvalue weighted by Crippen LogP contribution is -2.43. The molecule has 0 spiro atoms. The van der Waals surface area contributed by atoms with Crippen LogP contribution in [0, 0.1) is 0 Å². The molecule has 2 heterocycles. The van der Waals surface area contributed by atoms with Crippen molar-refractivity contribution in [2.24, 2.45) is 0 Å². The van der Waals surface area contributed by atoms with Crippen molar-refractivity contribution >= 4 is 16.9 Å². The second-order valence-electron chi connectivity index (χ2n) is 6.86. The van der Waals surface area contributed by atoms with Crippen LogP contribution in [-0.2, 0) is 6.42 Å². The van der Waals surface area contributed by atoms with E-state index in [0.717, 1.165) is 62.0 Å². The van der Waals surface area contributed by atoms with Gasteiger partial charge in [-0.3, -0.25) is 0 Å². The summed E-state index contributed by atoms with van der Waals surface area (Å²) in [4.78, 5) is 14.1. The molecule has 24 heavy (non-hydrogen) atoms. The van der Waals surface area contributed by atoms with Crippen LogP contribution in [0.1, 0.15) is 42.2 Å². The van der Waals surface area contributed by atoms with E-state index >= 15 is 0 Å². The summed E-state index contributed by atoms with van der Waals surface area (Å²) in [5.74, 6) is -0.842. The van der Waals surface area contributed by atoms with Gasteiger partial charge in [-0.05, 0) is 50.9 Å². The predicted molar refractivity (Wildman–Crippen MR) is 96.9 cm³/mol. The highest BCUT2D eigenvalue weighted by atomic mass is 16.4. The highest BCUT2D eigenvalue weighted by Crippen LogP contribution is 2.29. The quantitative estimate of drug-likeness (QED) is 0.856. The standard InChI is InChI=1S/C19H27N3O2/c1-14(2)22-13-15(5-4-10-21-11-8-20-9-12-21)18-16(19(23)24)6-3-7-17(18)22/h3,6-7,13-14,20H,4-5,8-12H2,1-2H3,(H,23,24).